The Kier molecular flexibility index (Phi) is 12.0. The molecule has 184 valence electrons. The van der Waals surface area contributed by atoms with Crippen LogP contribution in [-0.2, 0) is 14.4 Å². The fourth-order valence-corrected chi connectivity index (χ4v) is 1.93. The third kappa shape index (κ3) is 8.71. The zero-order chi connectivity index (χ0) is 26.1. The predicted octanol–water partition coefficient (Wildman–Crippen LogP) is 5.31. The first-order valence-corrected chi connectivity index (χ1v) is 8.86. The number of carboxylic acid groups (broad SMARTS) is 3. The Morgan fingerprint density at radius 1 is 0.875 bits per heavy atom. The number of carboxylic acids is 3. The van der Waals surface area contributed by atoms with Gasteiger partial charge in [-0.25, -0.2) is 14.4 Å². The van der Waals surface area contributed by atoms with Gasteiger partial charge in [-0.2, -0.15) is 30.7 Å². The number of hydrogen-bond donors (Lipinski definition) is 3. The summed E-state index contributed by atoms with van der Waals surface area (Å²) in [6.07, 6.45) is -1.81. The lowest BCUT2D eigenvalue weighted by Crippen LogP contribution is -2.53. The zero-order valence-electron chi connectivity index (χ0n) is 17.1. The molecule has 0 aromatic carbocycles. The molecule has 1 atom stereocenters. The van der Waals surface area contributed by atoms with E-state index < -0.39 is 47.4 Å². The van der Waals surface area contributed by atoms with Crippen LogP contribution in [0.1, 0.15) is 39.5 Å². The van der Waals surface area contributed by atoms with Gasteiger partial charge in [0, 0.05) is 17.1 Å². The van der Waals surface area contributed by atoms with E-state index >= 15 is 0 Å². The second-order valence-corrected chi connectivity index (χ2v) is 6.50. The number of hydrogen-bond acceptors (Lipinski definition) is 3. The van der Waals surface area contributed by atoms with E-state index in [0.29, 0.717) is 6.42 Å². The van der Waals surface area contributed by atoms with E-state index in [4.69, 9.17) is 15.3 Å². The standard InChI is InChI=1S/C13H20O4.C6H3F7O2/c1-4-5-6-7-11(13(16)17)8-9(2)10(3)12(14)15;1-2(3(14)15)4(7,8)5(9,10)6(11,12)13/h8-9H,3-7H2,1-2H3,(H,14,15)(H,16,17);1H2,(H,14,15). The zero-order valence-corrected chi connectivity index (χ0v) is 17.1. The molecule has 13 heteroatoms. The average Bonchev–Trinajstić information content (AvgIpc) is 2.64. The molecule has 1 unspecified atom stereocenters. The van der Waals surface area contributed by atoms with Crippen LogP contribution in [-0.4, -0.2) is 51.2 Å². The average molecular weight is 480 g/mol. The van der Waals surface area contributed by atoms with Crippen LogP contribution in [0.25, 0.3) is 0 Å². The van der Waals surface area contributed by atoms with Crippen molar-refractivity contribution in [2.45, 2.75) is 57.6 Å². The normalized spacial score (nSPS) is 13.5. The van der Waals surface area contributed by atoms with Gasteiger partial charge in [0.25, 0.3) is 0 Å². The van der Waals surface area contributed by atoms with Gasteiger partial charge in [-0.15, -0.1) is 0 Å². The second kappa shape index (κ2) is 12.2. The second-order valence-electron chi connectivity index (χ2n) is 6.50. The number of rotatable bonds is 11. The minimum atomic E-state index is -6.56. The van der Waals surface area contributed by atoms with Gasteiger partial charge in [0.1, 0.15) is 5.57 Å². The quantitative estimate of drug-likeness (QED) is 0.210. The van der Waals surface area contributed by atoms with Gasteiger partial charge < -0.3 is 15.3 Å². The highest BCUT2D eigenvalue weighted by Crippen LogP contribution is 2.49. The van der Waals surface area contributed by atoms with Gasteiger partial charge >= 0.3 is 35.9 Å². The van der Waals surface area contributed by atoms with Crippen molar-refractivity contribution in [3.05, 3.63) is 36.0 Å². The summed E-state index contributed by atoms with van der Waals surface area (Å²) in [5.74, 6) is -17.5. The Morgan fingerprint density at radius 3 is 1.66 bits per heavy atom. The monoisotopic (exact) mass is 480 g/mol. The summed E-state index contributed by atoms with van der Waals surface area (Å²) >= 11 is 0. The van der Waals surface area contributed by atoms with Crippen LogP contribution in [0.5, 0.6) is 0 Å². The highest BCUT2D eigenvalue weighted by atomic mass is 19.4. The number of carbonyl (C=O) groups is 3. The Labute approximate surface area is 178 Å². The van der Waals surface area contributed by atoms with Crippen LogP contribution in [0, 0.1) is 5.92 Å². The largest absolute Gasteiger partial charge is 0.478 e. The third-order valence-electron chi connectivity index (χ3n) is 3.99. The predicted molar refractivity (Wildman–Crippen MR) is 98.5 cm³/mol. The highest BCUT2D eigenvalue weighted by Gasteiger charge is 2.74. The lowest BCUT2D eigenvalue weighted by molar-refractivity contribution is -0.344. The van der Waals surface area contributed by atoms with Gasteiger partial charge in [0.05, 0.1) is 0 Å². The fourth-order valence-electron chi connectivity index (χ4n) is 1.93. The van der Waals surface area contributed by atoms with Crippen molar-refractivity contribution in [1.29, 1.82) is 0 Å². The van der Waals surface area contributed by atoms with E-state index in [1.807, 2.05) is 13.5 Å². The number of unbranched alkanes of at least 4 members (excludes halogenated alkanes) is 2. The summed E-state index contributed by atoms with van der Waals surface area (Å²) in [6, 6.07) is 0. The van der Waals surface area contributed by atoms with Gasteiger partial charge in [0.15, 0.2) is 0 Å². The fraction of sp³-hybridized carbons (Fsp3) is 0.526. The molecule has 0 amide bonds. The van der Waals surface area contributed by atoms with Crippen LogP contribution >= 0.6 is 0 Å². The maximum Gasteiger partial charge on any atom is 0.460 e. The smallest absolute Gasteiger partial charge is 0.460 e. The minimum absolute atomic E-state index is 0.0132. The van der Waals surface area contributed by atoms with E-state index in [1.165, 1.54) is 6.08 Å². The van der Waals surface area contributed by atoms with Gasteiger partial charge in [-0.05, 0) is 12.8 Å². The molecule has 0 aliphatic carbocycles. The lowest BCUT2D eigenvalue weighted by atomic mass is 9.97. The van der Waals surface area contributed by atoms with Gasteiger partial charge in [-0.3, -0.25) is 0 Å². The molecule has 0 bridgehead atoms. The van der Waals surface area contributed by atoms with Crippen molar-refractivity contribution >= 4 is 17.9 Å². The molecule has 0 spiro atoms. The number of allylic oxidation sites excluding steroid dienone is 1. The van der Waals surface area contributed by atoms with Crippen molar-refractivity contribution in [1.82, 2.24) is 0 Å². The number of halogens is 7. The van der Waals surface area contributed by atoms with Crippen molar-refractivity contribution in [2.24, 2.45) is 5.92 Å². The van der Waals surface area contributed by atoms with Crippen molar-refractivity contribution in [3.8, 4) is 0 Å². The molecule has 0 rings (SSSR count). The molecule has 0 aliphatic heterocycles. The van der Waals surface area contributed by atoms with E-state index in [2.05, 4.69) is 6.58 Å². The summed E-state index contributed by atoms with van der Waals surface area (Å²) in [7, 11) is 0. The number of aliphatic carboxylic acids is 3. The summed E-state index contributed by atoms with van der Waals surface area (Å²) in [5.41, 5.74) is -2.24. The van der Waals surface area contributed by atoms with E-state index in [0.717, 1.165) is 19.3 Å². The first-order valence-electron chi connectivity index (χ1n) is 8.86. The van der Waals surface area contributed by atoms with E-state index in [9.17, 15) is 45.1 Å². The molecule has 0 heterocycles. The van der Waals surface area contributed by atoms with Crippen LogP contribution in [0.4, 0.5) is 30.7 Å². The van der Waals surface area contributed by atoms with Crippen LogP contribution in [0.2, 0.25) is 0 Å². The van der Waals surface area contributed by atoms with Crippen LogP contribution in [0.15, 0.2) is 36.0 Å². The first kappa shape index (κ1) is 31.3. The Bertz CT molecular complexity index is 754. The van der Waals surface area contributed by atoms with E-state index in [1.54, 1.807) is 6.92 Å². The Hall–Kier alpha value is -2.86. The third-order valence-corrected chi connectivity index (χ3v) is 3.99. The molecule has 32 heavy (non-hydrogen) atoms. The molecule has 0 aliphatic rings. The maximum absolute atomic E-state index is 12.4. The molecule has 0 aromatic rings. The van der Waals surface area contributed by atoms with Crippen LogP contribution in [0.3, 0.4) is 0 Å². The SMILES string of the molecule is C=C(C(=O)O)C(C)C=C(CCCCC)C(=O)O.C=C(C(=O)O)C(F)(F)C(F)(F)C(F)(F)F. The molecule has 0 saturated carbocycles. The Morgan fingerprint density at radius 2 is 1.34 bits per heavy atom. The number of alkyl halides is 7. The molecule has 6 nitrogen and oxygen atoms in total. The van der Waals surface area contributed by atoms with Crippen molar-refractivity contribution < 1.29 is 60.4 Å². The lowest BCUT2D eigenvalue weighted by Gasteiger charge is -2.27. The molecule has 0 fully saturated rings. The first-order chi connectivity index (χ1) is 14.3. The van der Waals surface area contributed by atoms with Gasteiger partial charge in [-0.1, -0.05) is 45.9 Å². The minimum Gasteiger partial charge on any atom is -0.478 e. The van der Waals surface area contributed by atoms with Gasteiger partial charge in [0.2, 0.25) is 0 Å². The maximum atomic E-state index is 12.4. The summed E-state index contributed by atoms with van der Waals surface area (Å²) in [6.45, 7) is 9.08. The highest BCUT2D eigenvalue weighted by molar-refractivity contribution is 5.89. The summed E-state index contributed by atoms with van der Waals surface area (Å²) in [5, 5.41) is 25.6. The van der Waals surface area contributed by atoms with Crippen molar-refractivity contribution in [3.63, 3.8) is 0 Å². The molecule has 0 aromatic heterocycles. The molecule has 0 radical (unpaired) electrons. The Balaban J connectivity index is 0. The summed E-state index contributed by atoms with van der Waals surface area (Å²) in [4.78, 5) is 31.5. The molecular weight excluding hydrogens is 457 g/mol. The van der Waals surface area contributed by atoms with Crippen molar-refractivity contribution in [2.75, 3.05) is 0 Å². The molecular formula is C19H23F7O6. The summed E-state index contributed by atoms with van der Waals surface area (Å²) < 4.78 is 83.5. The van der Waals surface area contributed by atoms with E-state index in [-0.39, 0.29) is 11.1 Å². The van der Waals surface area contributed by atoms with Crippen LogP contribution < -0.4 is 0 Å². The molecule has 3 N–H and O–H groups in total. The topological polar surface area (TPSA) is 112 Å². The molecule has 0 saturated heterocycles.